The van der Waals surface area contributed by atoms with Gasteiger partial charge in [0.25, 0.3) is 5.91 Å². The van der Waals surface area contributed by atoms with Crippen molar-refractivity contribution >= 4 is 11.8 Å². The van der Waals surface area contributed by atoms with Crippen LogP contribution in [0.5, 0.6) is 5.75 Å². The number of ether oxygens (including phenoxy) is 1. The Balaban J connectivity index is 1.41. The van der Waals surface area contributed by atoms with E-state index in [1.807, 2.05) is 36.1 Å². The highest BCUT2D eigenvalue weighted by molar-refractivity contribution is 5.85. The van der Waals surface area contributed by atoms with Crippen LogP contribution in [0.1, 0.15) is 16.7 Å². The molecule has 6 nitrogen and oxygen atoms in total. The molecular weight excluding hydrogens is 378 g/mol. The van der Waals surface area contributed by atoms with E-state index in [0.717, 1.165) is 38.3 Å². The van der Waals surface area contributed by atoms with Crippen LogP contribution in [0.4, 0.5) is 0 Å². The summed E-state index contributed by atoms with van der Waals surface area (Å²) in [4.78, 5) is 29.8. The van der Waals surface area contributed by atoms with Crippen molar-refractivity contribution in [1.29, 1.82) is 0 Å². The molecule has 0 aromatic heterocycles. The predicted octanol–water partition coefficient (Wildman–Crippen LogP) is 1.07. The molecule has 0 radical (unpaired) electrons. The fraction of sp³-hybridized carbons (Fsp3) is 0.417. The molecule has 1 fully saturated rings. The van der Waals surface area contributed by atoms with Gasteiger partial charge >= 0.3 is 0 Å². The van der Waals surface area contributed by atoms with Gasteiger partial charge in [-0.25, -0.2) is 0 Å². The van der Waals surface area contributed by atoms with Gasteiger partial charge in [-0.15, -0.1) is 0 Å². The van der Waals surface area contributed by atoms with Crippen molar-refractivity contribution in [2.45, 2.75) is 20.4 Å². The molecule has 0 saturated carbocycles. The summed E-state index contributed by atoms with van der Waals surface area (Å²) in [5.41, 5.74) is 3.60. The van der Waals surface area contributed by atoms with Gasteiger partial charge in [-0.3, -0.25) is 9.59 Å². The number of carbonyl (C=O) groups excluding carboxylic acids is 2. The van der Waals surface area contributed by atoms with E-state index in [1.54, 1.807) is 7.05 Å². The number of para-hydroxylation sites is 1. The predicted molar refractivity (Wildman–Crippen MR) is 116 cm³/mol. The first-order chi connectivity index (χ1) is 14.4. The number of quaternary nitrogens is 1. The molecule has 1 heterocycles. The Labute approximate surface area is 179 Å². The molecular formula is C24H32N3O3+. The van der Waals surface area contributed by atoms with Crippen LogP contribution in [0.15, 0.2) is 48.5 Å². The SMILES string of the molecule is Cc1cccc(C[NH+]2CCN(C(=O)CN(C)C(=O)COc3ccccc3C)CC2)c1. The van der Waals surface area contributed by atoms with Gasteiger partial charge in [-0.1, -0.05) is 48.0 Å². The summed E-state index contributed by atoms with van der Waals surface area (Å²) in [6.45, 7) is 8.35. The van der Waals surface area contributed by atoms with Gasteiger partial charge in [0.2, 0.25) is 5.91 Å². The summed E-state index contributed by atoms with van der Waals surface area (Å²) >= 11 is 0. The van der Waals surface area contributed by atoms with E-state index in [4.69, 9.17) is 4.74 Å². The Bertz CT molecular complexity index is 876. The lowest BCUT2D eigenvalue weighted by Crippen LogP contribution is -3.13. The number of hydrogen-bond acceptors (Lipinski definition) is 3. The highest BCUT2D eigenvalue weighted by Crippen LogP contribution is 2.16. The number of amides is 2. The maximum atomic E-state index is 12.6. The minimum atomic E-state index is -0.199. The van der Waals surface area contributed by atoms with Crippen LogP contribution in [0.3, 0.4) is 0 Å². The molecule has 1 aliphatic heterocycles. The summed E-state index contributed by atoms with van der Waals surface area (Å²) in [5.74, 6) is 0.491. The van der Waals surface area contributed by atoms with E-state index in [-0.39, 0.29) is 25.0 Å². The van der Waals surface area contributed by atoms with Crippen molar-refractivity contribution in [2.24, 2.45) is 0 Å². The number of carbonyl (C=O) groups is 2. The molecule has 0 bridgehead atoms. The Morgan fingerprint density at radius 2 is 1.80 bits per heavy atom. The van der Waals surface area contributed by atoms with Gasteiger partial charge in [0.1, 0.15) is 12.3 Å². The number of aryl methyl sites for hydroxylation is 2. The summed E-state index contributed by atoms with van der Waals surface area (Å²) in [6, 6.07) is 16.2. The number of piperazine rings is 1. The molecule has 0 atom stereocenters. The lowest BCUT2D eigenvalue weighted by Gasteiger charge is -2.33. The number of likely N-dealkylation sites (N-methyl/N-ethyl adjacent to an activating group) is 1. The fourth-order valence-corrected chi connectivity index (χ4v) is 3.72. The van der Waals surface area contributed by atoms with E-state index < -0.39 is 0 Å². The number of hydrogen-bond donors (Lipinski definition) is 1. The van der Waals surface area contributed by atoms with Crippen molar-refractivity contribution < 1.29 is 19.2 Å². The number of benzene rings is 2. The molecule has 0 spiro atoms. The zero-order valence-electron chi connectivity index (χ0n) is 18.2. The van der Waals surface area contributed by atoms with Crippen LogP contribution in [0, 0.1) is 13.8 Å². The van der Waals surface area contributed by atoms with E-state index in [1.165, 1.54) is 20.9 Å². The molecule has 2 aromatic rings. The lowest BCUT2D eigenvalue weighted by molar-refractivity contribution is -0.917. The van der Waals surface area contributed by atoms with Crippen LogP contribution in [-0.4, -0.2) is 68.0 Å². The van der Waals surface area contributed by atoms with Crippen molar-refractivity contribution in [1.82, 2.24) is 9.80 Å². The summed E-state index contributed by atoms with van der Waals surface area (Å²) in [7, 11) is 1.65. The standard InChI is InChI=1S/C24H31N3O3/c1-19-7-6-9-21(15-19)16-26-11-13-27(14-12-26)23(28)17-25(3)24(29)18-30-22-10-5-4-8-20(22)2/h4-10,15H,11-14,16-18H2,1-3H3/p+1. The van der Waals surface area contributed by atoms with E-state index in [9.17, 15) is 9.59 Å². The van der Waals surface area contributed by atoms with Gasteiger partial charge in [0.15, 0.2) is 6.61 Å². The Hall–Kier alpha value is -2.86. The molecule has 1 N–H and O–H groups in total. The highest BCUT2D eigenvalue weighted by atomic mass is 16.5. The van der Waals surface area contributed by atoms with Gasteiger partial charge in [-0.2, -0.15) is 0 Å². The van der Waals surface area contributed by atoms with Crippen LogP contribution < -0.4 is 9.64 Å². The third-order valence-electron chi connectivity index (χ3n) is 5.60. The van der Waals surface area contributed by atoms with E-state index in [2.05, 4.69) is 31.2 Å². The van der Waals surface area contributed by atoms with Crippen molar-refractivity contribution in [3.8, 4) is 5.75 Å². The van der Waals surface area contributed by atoms with Gasteiger partial charge in [0, 0.05) is 12.6 Å². The number of nitrogens with one attached hydrogen (secondary N) is 1. The Morgan fingerprint density at radius 1 is 1.07 bits per heavy atom. The van der Waals surface area contributed by atoms with Crippen LogP contribution in [0.2, 0.25) is 0 Å². The molecule has 1 aliphatic rings. The maximum absolute atomic E-state index is 12.6. The molecule has 0 aliphatic carbocycles. The highest BCUT2D eigenvalue weighted by Gasteiger charge is 2.25. The summed E-state index contributed by atoms with van der Waals surface area (Å²) < 4.78 is 5.61. The van der Waals surface area contributed by atoms with Crippen LogP contribution in [0.25, 0.3) is 0 Å². The molecule has 3 rings (SSSR count). The molecule has 0 unspecified atom stereocenters. The molecule has 1 saturated heterocycles. The topological polar surface area (TPSA) is 54.3 Å². The Kier molecular flexibility index (Phi) is 7.46. The largest absolute Gasteiger partial charge is 0.484 e. The third kappa shape index (κ3) is 6.07. The first-order valence-corrected chi connectivity index (χ1v) is 10.5. The zero-order valence-corrected chi connectivity index (χ0v) is 18.2. The van der Waals surface area contributed by atoms with E-state index in [0.29, 0.717) is 5.75 Å². The second-order valence-electron chi connectivity index (χ2n) is 8.10. The first-order valence-electron chi connectivity index (χ1n) is 10.5. The van der Waals surface area contributed by atoms with Crippen LogP contribution in [-0.2, 0) is 16.1 Å². The van der Waals surface area contributed by atoms with Crippen LogP contribution >= 0.6 is 0 Å². The third-order valence-corrected chi connectivity index (χ3v) is 5.60. The number of nitrogens with zero attached hydrogens (tertiary/aromatic N) is 2. The second-order valence-corrected chi connectivity index (χ2v) is 8.10. The molecule has 160 valence electrons. The minimum absolute atomic E-state index is 0.00338. The second kappa shape index (κ2) is 10.3. The number of rotatable bonds is 7. The first kappa shape index (κ1) is 21.8. The summed E-state index contributed by atoms with van der Waals surface area (Å²) in [6.07, 6.45) is 0. The van der Waals surface area contributed by atoms with Gasteiger partial charge < -0.3 is 19.4 Å². The fourth-order valence-electron chi connectivity index (χ4n) is 3.72. The molecule has 2 amide bonds. The maximum Gasteiger partial charge on any atom is 0.260 e. The van der Waals surface area contributed by atoms with Gasteiger partial charge in [0.05, 0.1) is 32.7 Å². The summed E-state index contributed by atoms with van der Waals surface area (Å²) in [5, 5.41) is 0. The smallest absolute Gasteiger partial charge is 0.260 e. The Morgan fingerprint density at radius 3 is 2.50 bits per heavy atom. The van der Waals surface area contributed by atoms with Gasteiger partial charge in [-0.05, 0) is 25.5 Å². The zero-order chi connectivity index (χ0) is 21.5. The average Bonchev–Trinajstić information content (AvgIpc) is 2.73. The molecule has 6 heteroatoms. The van der Waals surface area contributed by atoms with Crippen molar-refractivity contribution in [3.63, 3.8) is 0 Å². The van der Waals surface area contributed by atoms with E-state index >= 15 is 0 Å². The lowest BCUT2D eigenvalue weighted by atomic mass is 10.1. The molecule has 2 aromatic carbocycles. The average molecular weight is 411 g/mol. The minimum Gasteiger partial charge on any atom is -0.484 e. The quantitative estimate of drug-likeness (QED) is 0.743. The van der Waals surface area contributed by atoms with Crippen molar-refractivity contribution in [2.75, 3.05) is 46.4 Å². The molecule has 30 heavy (non-hydrogen) atoms. The van der Waals surface area contributed by atoms with Crippen molar-refractivity contribution in [3.05, 3.63) is 65.2 Å². The monoisotopic (exact) mass is 410 g/mol. The normalized spacial score (nSPS) is 14.4.